The van der Waals surface area contributed by atoms with E-state index in [0.717, 1.165) is 56.9 Å². The Morgan fingerprint density at radius 3 is 2.70 bits per heavy atom. The SMILES string of the molecule is Cn1cc([C@H]2CNC[C@@H]2C(=O)N2CCC(COc3ccccc3)CC2)cn1. The number of nitrogens with zero attached hydrogens (tertiary/aromatic N) is 3. The van der Waals surface area contributed by atoms with Crippen molar-refractivity contribution in [2.24, 2.45) is 18.9 Å². The molecule has 144 valence electrons. The Hall–Kier alpha value is -2.34. The van der Waals surface area contributed by atoms with E-state index in [-0.39, 0.29) is 17.7 Å². The normalized spacial score (nSPS) is 23.5. The topological polar surface area (TPSA) is 59.4 Å². The van der Waals surface area contributed by atoms with Crippen LogP contribution < -0.4 is 10.1 Å². The van der Waals surface area contributed by atoms with Crippen LogP contribution in [0.5, 0.6) is 5.75 Å². The minimum absolute atomic E-state index is 0.0197. The lowest BCUT2D eigenvalue weighted by Gasteiger charge is -2.34. The number of rotatable bonds is 5. The molecule has 2 atom stereocenters. The number of ether oxygens (including phenoxy) is 1. The number of para-hydroxylation sites is 1. The van der Waals surface area contributed by atoms with Crippen LogP contribution >= 0.6 is 0 Å². The number of hydrogen-bond acceptors (Lipinski definition) is 4. The van der Waals surface area contributed by atoms with Gasteiger partial charge in [-0.2, -0.15) is 5.10 Å². The molecule has 0 unspecified atom stereocenters. The fourth-order valence-electron chi connectivity index (χ4n) is 4.21. The first-order chi connectivity index (χ1) is 13.2. The summed E-state index contributed by atoms with van der Waals surface area (Å²) >= 11 is 0. The highest BCUT2D eigenvalue weighted by Crippen LogP contribution is 2.30. The first-order valence-corrected chi connectivity index (χ1v) is 9.86. The average Bonchev–Trinajstić information content (AvgIpc) is 3.36. The molecule has 2 saturated heterocycles. The van der Waals surface area contributed by atoms with Crippen LogP contribution in [0.4, 0.5) is 0 Å². The third-order valence-electron chi connectivity index (χ3n) is 5.84. The van der Waals surface area contributed by atoms with Gasteiger partial charge < -0.3 is 15.0 Å². The maximum Gasteiger partial charge on any atom is 0.227 e. The number of amides is 1. The molecule has 2 aromatic rings. The van der Waals surface area contributed by atoms with Crippen molar-refractivity contribution >= 4 is 5.91 Å². The summed E-state index contributed by atoms with van der Waals surface area (Å²) < 4.78 is 7.71. The molecule has 0 spiro atoms. The summed E-state index contributed by atoms with van der Waals surface area (Å²) in [5.74, 6) is 1.98. The van der Waals surface area contributed by atoms with Gasteiger partial charge in [0.15, 0.2) is 0 Å². The molecule has 6 heteroatoms. The minimum Gasteiger partial charge on any atom is -0.493 e. The van der Waals surface area contributed by atoms with E-state index in [2.05, 4.69) is 15.3 Å². The third-order valence-corrected chi connectivity index (χ3v) is 5.84. The Kier molecular flexibility index (Phi) is 5.43. The van der Waals surface area contributed by atoms with Gasteiger partial charge in [0.05, 0.1) is 18.7 Å². The number of benzene rings is 1. The van der Waals surface area contributed by atoms with Crippen LogP contribution in [0.1, 0.15) is 24.3 Å². The molecule has 0 aliphatic carbocycles. The summed E-state index contributed by atoms with van der Waals surface area (Å²) in [6.07, 6.45) is 5.95. The van der Waals surface area contributed by atoms with Crippen LogP contribution in [-0.4, -0.2) is 53.4 Å². The summed E-state index contributed by atoms with van der Waals surface area (Å²) in [7, 11) is 1.92. The summed E-state index contributed by atoms with van der Waals surface area (Å²) in [4.78, 5) is 15.2. The Morgan fingerprint density at radius 1 is 1.22 bits per heavy atom. The molecule has 27 heavy (non-hydrogen) atoms. The van der Waals surface area contributed by atoms with Gasteiger partial charge >= 0.3 is 0 Å². The van der Waals surface area contributed by atoms with Crippen molar-refractivity contribution < 1.29 is 9.53 Å². The van der Waals surface area contributed by atoms with Crippen LogP contribution in [0.25, 0.3) is 0 Å². The van der Waals surface area contributed by atoms with Crippen molar-refractivity contribution in [2.45, 2.75) is 18.8 Å². The predicted octanol–water partition coefficient (Wildman–Crippen LogP) is 2.04. The Morgan fingerprint density at radius 2 is 2.00 bits per heavy atom. The largest absolute Gasteiger partial charge is 0.493 e. The van der Waals surface area contributed by atoms with Crippen molar-refractivity contribution in [1.82, 2.24) is 20.0 Å². The van der Waals surface area contributed by atoms with Crippen LogP contribution in [0, 0.1) is 11.8 Å². The van der Waals surface area contributed by atoms with Gasteiger partial charge in [0.1, 0.15) is 5.75 Å². The Labute approximate surface area is 160 Å². The Bertz CT molecular complexity index is 753. The number of aromatic nitrogens is 2. The molecule has 2 fully saturated rings. The molecule has 1 aromatic heterocycles. The van der Waals surface area contributed by atoms with Gasteiger partial charge in [-0.3, -0.25) is 9.48 Å². The van der Waals surface area contributed by atoms with Crippen molar-refractivity contribution in [3.05, 3.63) is 48.3 Å². The summed E-state index contributed by atoms with van der Waals surface area (Å²) in [5.41, 5.74) is 1.16. The third kappa shape index (κ3) is 4.16. The van der Waals surface area contributed by atoms with Gasteiger partial charge in [0.25, 0.3) is 0 Å². The van der Waals surface area contributed by atoms with Crippen LogP contribution in [0.3, 0.4) is 0 Å². The van der Waals surface area contributed by atoms with E-state index in [0.29, 0.717) is 5.92 Å². The van der Waals surface area contributed by atoms with Crippen LogP contribution in [0.2, 0.25) is 0 Å². The highest BCUT2D eigenvalue weighted by molar-refractivity contribution is 5.80. The first-order valence-electron chi connectivity index (χ1n) is 9.86. The van der Waals surface area contributed by atoms with E-state index in [1.54, 1.807) is 0 Å². The van der Waals surface area contributed by atoms with E-state index >= 15 is 0 Å². The van der Waals surface area contributed by atoms with Crippen molar-refractivity contribution in [2.75, 3.05) is 32.8 Å². The van der Waals surface area contributed by atoms with E-state index in [4.69, 9.17) is 4.74 Å². The van der Waals surface area contributed by atoms with Gasteiger partial charge in [-0.05, 0) is 36.5 Å². The number of nitrogens with one attached hydrogen (secondary N) is 1. The lowest BCUT2D eigenvalue weighted by Crippen LogP contribution is -2.44. The minimum atomic E-state index is 0.0197. The fourth-order valence-corrected chi connectivity index (χ4v) is 4.21. The quantitative estimate of drug-likeness (QED) is 0.877. The molecular formula is C21H28N4O2. The molecule has 1 N–H and O–H groups in total. The highest BCUT2D eigenvalue weighted by atomic mass is 16.5. The van der Waals surface area contributed by atoms with Crippen molar-refractivity contribution in [1.29, 1.82) is 0 Å². The molecule has 4 rings (SSSR count). The van der Waals surface area contributed by atoms with Gasteiger partial charge in [0.2, 0.25) is 5.91 Å². The zero-order valence-corrected chi connectivity index (χ0v) is 15.9. The van der Waals surface area contributed by atoms with E-state index in [1.165, 1.54) is 0 Å². The summed E-state index contributed by atoms with van der Waals surface area (Å²) in [6.45, 7) is 4.00. The second-order valence-electron chi connectivity index (χ2n) is 7.71. The number of carbonyl (C=O) groups is 1. The van der Waals surface area contributed by atoms with E-state index < -0.39 is 0 Å². The number of aryl methyl sites for hydroxylation is 1. The molecule has 2 aliphatic heterocycles. The van der Waals surface area contributed by atoms with Gasteiger partial charge in [-0.25, -0.2) is 0 Å². The molecular weight excluding hydrogens is 340 g/mol. The number of carbonyl (C=O) groups excluding carboxylic acids is 1. The molecule has 2 aliphatic rings. The monoisotopic (exact) mass is 368 g/mol. The predicted molar refractivity (Wildman–Crippen MR) is 104 cm³/mol. The second kappa shape index (κ2) is 8.13. The lowest BCUT2D eigenvalue weighted by atomic mass is 9.88. The molecule has 1 aromatic carbocycles. The smallest absolute Gasteiger partial charge is 0.227 e. The maximum atomic E-state index is 13.1. The summed E-state index contributed by atoms with van der Waals surface area (Å²) in [5, 5.41) is 7.67. The molecule has 1 amide bonds. The molecule has 6 nitrogen and oxygen atoms in total. The number of hydrogen-bond donors (Lipinski definition) is 1. The molecule has 0 radical (unpaired) electrons. The van der Waals surface area contributed by atoms with Crippen molar-refractivity contribution in [3.8, 4) is 5.75 Å². The first kappa shape index (κ1) is 18.0. The van der Waals surface area contributed by atoms with Crippen molar-refractivity contribution in [3.63, 3.8) is 0 Å². The summed E-state index contributed by atoms with van der Waals surface area (Å²) in [6, 6.07) is 9.96. The molecule has 0 bridgehead atoms. The van der Waals surface area contributed by atoms with Gasteiger partial charge in [-0.15, -0.1) is 0 Å². The van der Waals surface area contributed by atoms with Gasteiger partial charge in [-0.1, -0.05) is 18.2 Å². The fraction of sp³-hybridized carbons (Fsp3) is 0.524. The van der Waals surface area contributed by atoms with E-state index in [1.807, 2.05) is 54.5 Å². The second-order valence-corrected chi connectivity index (χ2v) is 7.71. The molecule has 0 saturated carbocycles. The van der Waals surface area contributed by atoms with Crippen LogP contribution in [-0.2, 0) is 11.8 Å². The van der Waals surface area contributed by atoms with Gasteiger partial charge in [0, 0.05) is 45.3 Å². The Balaban J connectivity index is 1.29. The van der Waals surface area contributed by atoms with Crippen LogP contribution in [0.15, 0.2) is 42.7 Å². The zero-order valence-electron chi connectivity index (χ0n) is 15.9. The maximum absolute atomic E-state index is 13.1. The lowest BCUT2D eigenvalue weighted by molar-refractivity contribution is -0.136. The standard InChI is InChI=1S/C21H28N4O2/c1-24-14-17(11-23-24)19-12-22-13-20(19)21(26)25-9-7-16(8-10-25)15-27-18-5-3-2-4-6-18/h2-6,11,14,16,19-20,22H,7-10,12-13,15H2,1H3/t19-,20+/m1/s1. The van der Waals surface area contributed by atoms with E-state index in [9.17, 15) is 4.79 Å². The average molecular weight is 368 g/mol. The number of piperidine rings is 1. The molecule has 3 heterocycles. The highest BCUT2D eigenvalue weighted by Gasteiger charge is 2.38. The zero-order chi connectivity index (χ0) is 18.6. The number of likely N-dealkylation sites (tertiary alicyclic amines) is 1.